The zero-order chi connectivity index (χ0) is 13.0. The predicted octanol–water partition coefficient (Wildman–Crippen LogP) is 2.01. The Hall–Kier alpha value is -2.62. The van der Waals surface area contributed by atoms with Gasteiger partial charge in [-0.25, -0.2) is 0 Å². The van der Waals surface area contributed by atoms with Crippen molar-refractivity contribution >= 4 is 11.6 Å². The second-order valence-corrected chi connectivity index (χ2v) is 3.76. The lowest BCUT2D eigenvalue weighted by Gasteiger charge is -2.02. The van der Waals surface area contributed by atoms with Crippen LogP contribution in [-0.4, -0.2) is 16.8 Å². The first-order valence-electron chi connectivity index (χ1n) is 5.40. The Morgan fingerprint density at radius 1 is 0.889 bits per heavy atom. The molecule has 0 spiro atoms. The Kier molecular flexibility index (Phi) is 3.38. The number of amidine groups is 1. The molecule has 0 saturated heterocycles. The SMILES string of the molecule is NC(=NO)c1ccc(C(=O)c2ccccc2)cc1. The van der Waals surface area contributed by atoms with Gasteiger partial charge < -0.3 is 10.9 Å². The third kappa shape index (κ3) is 2.38. The van der Waals surface area contributed by atoms with Gasteiger partial charge in [0.25, 0.3) is 0 Å². The van der Waals surface area contributed by atoms with E-state index in [0.717, 1.165) is 0 Å². The lowest BCUT2D eigenvalue weighted by molar-refractivity contribution is 0.103. The summed E-state index contributed by atoms with van der Waals surface area (Å²) in [5, 5.41) is 11.4. The molecule has 0 bridgehead atoms. The predicted molar refractivity (Wildman–Crippen MR) is 68.8 cm³/mol. The number of nitrogens with zero attached hydrogens (tertiary/aromatic N) is 1. The number of hydrogen-bond donors (Lipinski definition) is 2. The lowest BCUT2D eigenvalue weighted by atomic mass is 10.0. The van der Waals surface area contributed by atoms with Crippen molar-refractivity contribution in [3.8, 4) is 0 Å². The highest BCUT2D eigenvalue weighted by Gasteiger charge is 2.08. The molecule has 2 aromatic rings. The normalized spacial score (nSPS) is 11.2. The molecule has 18 heavy (non-hydrogen) atoms. The molecule has 90 valence electrons. The van der Waals surface area contributed by atoms with Crippen molar-refractivity contribution in [2.24, 2.45) is 10.9 Å². The van der Waals surface area contributed by atoms with Crippen LogP contribution in [0.3, 0.4) is 0 Å². The van der Waals surface area contributed by atoms with Gasteiger partial charge in [0.2, 0.25) is 0 Å². The summed E-state index contributed by atoms with van der Waals surface area (Å²) in [6, 6.07) is 15.6. The van der Waals surface area contributed by atoms with Gasteiger partial charge in [-0.3, -0.25) is 4.79 Å². The van der Waals surface area contributed by atoms with Gasteiger partial charge >= 0.3 is 0 Å². The molecule has 4 nitrogen and oxygen atoms in total. The summed E-state index contributed by atoms with van der Waals surface area (Å²) in [4.78, 5) is 12.1. The monoisotopic (exact) mass is 240 g/mol. The van der Waals surface area contributed by atoms with E-state index in [0.29, 0.717) is 16.7 Å². The van der Waals surface area contributed by atoms with Crippen LogP contribution in [0, 0.1) is 0 Å². The van der Waals surface area contributed by atoms with E-state index in [2.05, 4.69) is 5.16 Å². The van der Waals surface area contributed by atoms with Gasteiger partial charge in [0.1, 0.15) is 0 Å². The van der Waals surface area contributed by atoms with Crippen LogP contribution in [0.5, 0.6) is 0 Å². The first-order chi connectivity index (χ1) is 8.72. The Bertz CT molecular complexity index is 575. The van der Waals surface area contributed by atoms with Gasteiger partial charge in [-0.1, -0.05) is 59.8 Å². The Labute approximate surface area is 104 Å². The van der Waals surface area contributed by atoms with Gasteiger partial charge in [0.05, 0.1) is 0 Å². The van der Waals surface area contributed by atoms with Gasteiger partial charge in [-0.15, -0.1) is 0 Å². The maximum atomic E-state index is 12.1. The molecule has 0 aliphatic heterocycles. The lowest BCUT2D eigenvalue weighted by Crippen LogP contribution is -2.13. The Morgan fingerprint density at radius 3 is 1.94 bits per heavy atom. The van der Waals surface area contributed by atoms with E-state index in [1.807, 2.05) is 18.2 Å². The van der Waals surface area contributed by atoms with Crippen molar-refractivity contribution in [2.75, 3.05) is 0 Å². The average molecular weight is 240 g/mol. The summed E-state index contributed by atoms with van der Waals surface area (Å²) in [5.74, 6) is -0.0321. The number of carbonyl (C=O) groups excluding carboxylic acids is 1. The topological polar surface area (TPSA) is 75.7 Å². The van der Waals surface area contributed by atoms with Crippen LogP contribution >= 0.6 is 0 Å². The van der Waals surface area contributed by atoms with Crippen molar-refractivity contribution in [3.05, 3.63) is 71.3 Å². The standard InChI is InChI=1S/C14H12N2O2/c15-14(16-18)12-8-6-11(7-9-12)13(17)10-4-2-1-3-5-10/h1-9,18H,(H2,15,16). The van der Waals surface area contributed by atoms with E-state index in [1.54, 1.807) is 36.4 Å². The summed E-state index contributed by atoms with van der Waals surface area (Å²) in [5.41, 5.74) is 7.22. The maximum Gasteiger partial charge on any atom is 0.193 e. The molecule has 0 aromatic heterocycles. The van der Waals surface area contributed by atoms with Gasteiger partial charge in [-0.2, -0.15) is 0 Å². The van der Waals surface area contributed by atoms with E-state index >= 15 is 0 Å². The highest BCUT2D eigenvalue weighted by atomic mass is 16.4. The van der Waals surface area contributed by atoms with Crippen LogP contribution in [0.25, 0.3) is 0 Å². The largest absolute Gasteiger partial charge is 0.409 e. The highest BCUT2D eigenvalue weighted by molar-refractivity contribution is 6.09. The molecule has 0 amide bonds. The van der Waals surface area contributed by atoms with Gasteiger partial charge in [0.15, 0.2) is 11.6 Å². The number of rotatable bonds is 3. The van der Waals surface area contributed by atoms with Crippen molar-refractivity contribution in [3.63, 3.8) is 0 Å². The second-order valence-electron chi connectivity index (χ2n) is 3.76. The minimum absolute atomic E-state index is 0.0220. The number of oxime groups is 1. The zero-order valence-electron chi connectivity index (χ0n) is 9.58. The van der Waals surface area contributed by atoms with E-state index in [1.165, 1.54) is 0 Å². The van der Waals surface area contributed by atoms with E-state index in [-0.39, 0.29) is 11.6 Å². The van der Waals surface area contributed by atoms with Gasteiger partial charge in [-0.05, 0) is 0 Å². The summed E-state index contributed by atoms with van der Waals surface area (Å²) < 4.78 is 0. The number of hydrogen-bond acceptors (Lipinski definition) is 3. The number of benzene rings is 2. The first-order valence-corrected chi connectivity index (χ1v) is 5.40. The molecule has 0 aliphatic carbocycles. The van der Waals surface area contributed by atoms with Crippen LogP contribution in [0.15, 0.2) is 59.8 Å². The minimum Gasteiger partial charge on any atom is -0.409 e. The molecule has 0 saturated carbocycles. The minimum atomic E-state index is -0.0540. The third-order valence-electron chi connectivity index (χ3n) is 2.59. The van der Waals surface area contributed by atoms with Crippen LogP contribution < -0.4 is 5.73 Å². The zero-order valence-corrected chi connectivity index (χ0v) is 9.58. The Morgan fingerprint density at radius 2 is 1.39 bits per heavy atom. The number of carbonyl (C=O) groups is 1. The smallest absolute Gasteiger partial charge is 0.193 e. The fourth-order valence-electron chi connectivity index (χ4n) is 1.61. The molecule has 0 atom stereocenters. The number of ketones is 1. The number of nitrogens with two attached hydrogens (primary N) is 1. The molecule has 3 N–H and O–H groups in total. The van der Waals surface area contributed by atoms with Crippen molar-refractivity contribution < 1.29 is 10.0 Å². The molecular formula is C14H12N2O2. The van der Waals surface area contributed by atoms with Crippen LogP contribution in [0.2, 0.25) is 0 Å². The fraction of sp³-hybridized carbons (Fsp3) is 0. The fourth-order valence-corrected chi connectivity index (χ4v) is 1.61. The van der Waals surface area contributed by atoms with Gasteiger partial charge in [0, 0.05) is 16.7 Å². The summed E-state index contributed by atoms with van der Waals surface area (Å²) in [6.07, 6.45) is 0. The van der Waals surface area contributed by atoms with Crippen LogP contribution in [0.4, 0.5) is 0 Å². The van der Waals surface area contributed by atoms with Crippen LogP contribution in [-0.2, 0) is 0 Å². The molecule has 2 rings (SSSR count). The molecule has 4 heteroatoms. The van der Waals surface area contributed by atoms with Crippen molar-refractivity contribution in [1.82, 2.24) is 0 Å². The second kappa shape index (κ2) is 5.14. The molecular weight excluding hydrogens is 228 g/mol. The molecule has 2 aromatic carbocycles. The van der Waals surface area contributed by atoms with Crippen molar-refractivity contribution in [1.29, 1.82) is 0 Å². The third-order valence-corrected chi connectivity index (χ3v) is 2.59. The summed E-state index contributed by atoms with van der Waals surface area (Å²) in [6.45, 7) is 0. The molecule has 0 fully saturated rings. The Balaban J connectivity index is 2.28. The summed E-state index contributed by atoms with van der Waals surface area (Å²) in [7, 11) is 0. The van der Waals surface area contributed by atoms with Crippen LogP contribution in [0.1, 0.15) is 21.5 Å². The molecule has 0 radical (unpaired) electrons. The summed E-state index contributed by atoms with van der Waals surface area (Å²) >= 11 is 0. The highest BCUT2D eigenvalue weighted by Crippen LogP contribution is 2.10. The quantitative estimate of drug-likeness (QED) is 0.283. The van der Waals surface area contributed by atoms with E-state index in [4.69, 9.17) is 10.9 Å². The van der Waals surface area contributed by atoms with E-state index < -0.39 is 0 Å². The molecule has 0 aliphatic rings. The molecule has 0 heterocycles. The van der Waals surface area contributed by atoms with E-state index in [9.17, 15) is 4.79 Å². The maximum absolute atomic E-state index is 12.1. The molecule has 0 unspecified atom stereocenters. The van der Waals surface area contributed by atoms with Crippen molar-refractivity contribution in [2.45, 2.75) is 0 Å². The average Bonchev–Trinajstić information content (AvgIpc) is 2.47. The first kappa shape index (κ1) is 11.9.